The molecule has 0 aliphatic rings. The van der Waals surface area contributed by atoms with Gasteiger partial charge in [-0.05, 0) is 17.7 Å². The molecule has 136 valence electrons. The van der Waals surface area contributed by atoms with E-state index < -0.39 is 22.9 Å². The summed E-state index contributed by atoms with van der Waals surface area (Å²) >= 11 is 0. The molecule has 7 nitrogen and oxygen atoms in total. The standard InChI is InChI=1S/C18H18N2O5S/c1-24-13-8-9-14-15(10-13)20(18(19-14)26(2)23)11-25-17(22)16(21)12-6-4-3-5-7-12/h3-10,16,21H,11H2,1-2H3. The third kappa shape index (κ3) is 3.61. The van der Waals surface area contributed by atoms with E-state index in [4.69, 9.17) is 9.47 Å². The Balaban J connectivity index is 1.86. The normalized spacial score (nSPS) is 13.3. The van der Waals surface area contributed by atoms with Crippen LogP contribution in [0, 0.1) is 0 Å². The first-order chi connectivity index (χ1) is 12.5. The minimum atomic E-state index is -1.39. The second-order valence-corrected chi connectivity index (χ2v) is 6.81. The second-order valence-electron chi connectivity index (χ2n) is 5.54. The van der Waals surface area contributed by atoms with Crippen LogP contribution in [0.25, 0.3) is 11.0 Å². The summed E-state index contributed by atoms with van der Waals surface area (Å²) in [5.41, 5.74) is 1.67. The molecule has 8 heteroatoms. The molecule has 0 radical (unpaired) electrons. The van der Waals surface area contributed by atoms with Crippen molar-refractivity contribution in [2.75, 3.05) is 13.4 Å². The first-order valence-electron chi connectivity index (χ1n) is 7.78. The largest absolute Gasteiger partial charge is 0.497 e. The van der Waals surface area contributed by atoms with Gasteiger partial charge in [-0.15, -0.1) is 0 Å². The molecule has 3 aromatic rings. The van der Waals surface area contributed by atoms with Gasteiger partial charge in [-0.1, -0.05) is 30.3 Å². The van der Waals surface area contributed by atoms with Gasteiger partial charge < -0.3 is 14.6 Å². The van der Waals surface area contributed by atoms with E-state index in [1.807, 2.05) is 0 Å². The van der Waals surface area contributed by atoms with Crippen molar-refractivity contribution in [3.05, 3.63) is 54.1 Å². The highest BCUT2D eigenvalue weighted by Gasteiger charge is 2.21. The number of hydrogen-bond donors (Lipinski definition) is 1. The molecule has 2 unspecified atom stereocenters. The van der Waals surface area contributed by atoms with Crippen molar-refractivity contribution in [2.45, 2.75) is 18.0 Å². The van der Waals surface area contributed by atoms with Crippen LogP contribution in [-0.2, 0) is 27.1 Å². The summed E-state index contributed by atoms with van der Waals surface area (Å²) in [6, 6.07) is 13.7. The summed E-state index contributed by atoms with van der Waals surface area (Å²) in [6.45, 7) is -0.221. The van der Waals surface area contributed by atoms with Crippen LogP contribution in [0.15, 0.2) is 53.7 Å². The predicted octanol–water partition coefficient (Wildman–Crippen LogP) is 2.02. The van der Waals surface area contributed by atoms with Crippen molar-refractivity contribution in [2.24, 2.45) is 0 Å². The van der Waals surface area contributed by atoms with Crippen LogP contribution in [0.5, 0.6) is 5.75 Å². The van der Waals surface area contributed by atoms with Gasteiger partial charge in [0.05, 0.1) is 28.9 Å². The Bertz CT molecular complexity index is 955. The van der Waals surface area contributed by atoms with Gasteiger partial charge in [0, 0.05) is 12.3 Å². The van der Waals surface area contributed by atoms with Gasteiger partial charge in [0.2, 0.25) is 5.16 Å². The number of methoxy groups -OCH3 is 1. The van der Waals surface area contributed by atoms with Crippen LogP contribution in [0.3, 0.4) is 0 Å². The van der Waals surface area contributed by atoms with Crippen molar-refractivity contribution in [1.29, 1.82) is 0 Å². The van der Waals surface area contributed by atoms with Crippen LogP contribution in [0.1, 0.15) is 11.7 Å². The molecule has 3 rings (SSSR count). The lowest BCUT2D eigenvalue weighted by Crippen LogP contribution is -2.18. The number of ether oxygens (including phenoxy) is 2. The minimum absolute atomic E-state index is 0.221. The number of hydrogen-bond acceptors (Lipinski definition) is 6. The van der Waals surface area contributed by atoms with Crippen molar-refractivity contribution < 1.29 is 23.6 Å². The fraction of sp³-hybridized carbons (Fsp3) is 0.222. The van der Waals surface area contributed by atoms with Gasteiger partial charge in [-0.2, -0.15) is 0 Å². The highest BCUT2D eigenvalue weighted by atomic mass is 32.2. The lowest BCUT2D eigenvalue weighted by molar-refractivity contribution is -0.158. The maximum Gasteiger partial charge on any atom is 0.341 e. The lowest BCUT2D eigenvalue weighted by Gasteiger charge is -2.13. The molecule has 0 bridgehead atoms. The topological polar surface area (TPSA) is 90.6 Å². The van der Waals surface area contributed by atoms with Crippen molar-refractivity contribution in [3.63, 3.8) is 0 Å². The quantitative estimate of drug-likeness (QED) is 0.664. The zero-order chi connectivity index (χ0) is 18.7. The van der Waals surface area contributed by atoms with Crippen molar-refractivity contribution >= 4 is 27.8 Å². The summed E-state index contributed by atoms with van der Waals surface area (Å²) in [4.78, 5) is 16.5. The van der Waals surface area contributed by atoms with E-state index >= 15 is 0 Å². The Kier molecular flexibility index (Phi) is 5.34. The number of imidazole rings is 1. The third-order valence-electron chi connectivity index (χ3n) is 3.85. The van der Waals surface area contributed by atoms with Crippen molar-refractivity contribution in [3.8, 4) is 5.75 Å². The first-order valence-corrected chi connectivity index (χ1v) is 9.34. The van der Waals surface area contributed by atoms with Crippen LogP contribution >= 0.6 is 0 Å². The summed E-state index contributed by atoms with van der Waals surface area (Å²) < 4.78 is 24.0. The lowest BCUT2D eigenvalue weighted by atomic mass is 10.1. The average molecular weight is 374 g/mol. The number of carbonyl (C=O) groups excluding carboxylic acids is 1. The number of nitrogens with zero attached hydrogens (tertiary/aromatic N) is 2. The Labute approximate surface area is 152 Å². The Morgan fingerprint density at radius 3 is 2.65 bits per heavy atom. The third-order valence-corrected chi connectivity index (χ3v) is 4.68. The molecule has 1 aromatic heterocycles. The zero-order valence-electron chi connectivity index (χ0n) is 14.3. The van der Waals surface area contributed by atoms with Crippen molar-refractivity contribution in [1.82, 2.24) is 9.55 Å². The Morgan fingerprint density at radius 2 is 2.00 bits per heavy atom. The van der Waals surface area contributed by atoms with Crippen LogP contribution in [-0.4, -0.2) is 38.2 Å². The van der Waals surface area contributed by atoms with Crippen LogP contribution in [0.2, 0.25) is 0 Å². The fourth-order valence-corrected chi connectivity index (χ4v) is 3.22. The molecule has 0 aliphatic carbocycles. The predicted molar refractivity (Wildman–Crippen MR) is 96.1 cm³/mol. The number of rotatable bonds is 6. The average Bonchev–Trinajstić information content (AvgIpc) is 3.04. The molecule has 1 heterocycles. The summed E-state index contributed by atoms with van der Waals surface area (Å²) in [7, 11) is 0.153. The maximum absolute atomic E-state index is 12.2. The number of aliphatic hydroxyl groups excluding tert-OH is 1. The highest BCUT2D eigenvalue weighted by molar-refractivity contribution is 7.84. The molecular weight excluding hydrogens is 356 g/mol. The monoisotopic (exact) mass is 374 g/mol. The van der Waals surface area contributed by atoms with Crippen LogP contribution in [0.4, 0.5) is 0 Å². The molecule has 0 amide bonds. The number of aliphatic hydroxyl groups is 1. The molecular formula is C18H18N2O5S. The summed E-state index contributed by atoms with van der Waals surface area (Å²) in [5.74, 6) is -0.198. The molecule has 2 aromatic carbocycles. The van der Waals surface area contributed by atoms with E-state index in [-0.39, 0.29) is 11.9 Å². The van der Waals surface area contributed by atoms with Gasteiger partial charge in [0.25, 0.3) is 0 Å². The highest BCUT2D eigenvalue weighted by Crippen LogP contribution is 2.24. The summed E-state index contributed by atoms with van der Waals surface area (Å²) in [6.07, 6.45) is 0.103. The number of esters is 1. The van der Waals surface area contributed by atoms with Gasteiger partial charge in [-0.3, -0.25) is 8.78 Å². The number of benzene rings is 2. The van der Waals surface area contributed by atoms with E-state index in [2.05, 4.69) is 4.98 Å². The van der Waals surface area contributed by atoms with Gasteiger partial charge in [0.1, 0.15) is 5.75 Å². The maximum atomic E-state index is 12.2. The van der Waals surface area contributed by atoms with Gasteiger partial charge >= 0.3 is 5.97 Å². The minimum Gasteiger partial charge on any atom is -0.497 e. The van der Waals surface area contributed by atoms with E-state index in [1.54, 1.807) is 48.5 Å². The smallest absolute Gasteiger partial charge is 0.341 e. The molecule has 1 N–H and O–H groups in total. The summed E-state index contributed by atoms with van der Waals surface area (Å²) in [5, 5.41) is 10.4. The Hall–Kier alpha value is -2.71. The zero-order valence-corrected chi connectivity index (χ0v) is 15.1. The molecule has 0 saturated heterocycles. The van der Waals surface area contributed by atoms with E-state index in [0.29, 0.717) is 22.3 Å². The van der Waals surface area contributed by atoms with Gasteiger partial charge in [-0.25, -0.2) is 9.78 Å². The second kappa shape index (κ2) is 7.67. The van der Waals surface area contributed by atoms with Crippen LogP contribution < -0.4 is 4.74 Å². The molecule has 2 atom stereocenters. The Morgan fingerprint density at radius 1 is 1.27 bits per heavy atom. The van der Waals surface area contributed by atoms with Gasteiger partial charge in [0.15, 0.2) is 12.8 Å². The van der Waals surface area contributed by atoms with E-state index in [0.717, 1.165) is 0 Å². The molecule has 0 fully saturated rings. The van der Waals surface area contributed by atoms with E-state index in [1.165, 1.54) is 17.9 Å². The fourth-order valence-electron chi connectivity index (χ4n) is 2.53. The molecule has 0 spiro atoms. The molecule has 26 heavy (non-hydrogen) atoms. The number of carbonyl (C=O) groups is 1. The first kappa shape index (κ1) is 18.1. The molecule has 0 aliphatic heterocycles. The number of fused-ring (bicyclic) bond motifs is 1. The SMILES string of the molecule is COc1ccc2nc(S(C)=O)n(COC(=O)C(O)c3ccccc3)c2c1. The van der Waals surface area contributed by atoms with E-state index in [9.17, 15) is 14.1 Å². The number of aromatic nitrogens is 2. The molecule has 0 saturated carbocycles.